The molecule has 120 valence electrons. The summed E-state index contributed by atoms with van der Waals surface area (Å²) >= 11 is 0. The molecule has 0 spiro atoms. The molecule has 8 nitrogen and oxygen atoms in total. The molecule has 0 atom stereocenters. The van der Waals surface area contributed by atoms with Gasteiger partial charge in [-0.1, -0.05) is 0 Å². The molecule has 0 heterocycles. The van der Waals surface area contributed by atoms with Gasteiger partial charge in [0.15, 0.2) is 0 Å². The van der Waals surface area contributed by atoms with Gasteiger partial charge in [0.25, 0.3) is 5.09 Å². The molecular weight excluding hydrogens is 278 g/mol. The van der Waals surface area contributed by atoms with E-state index in [1.165, 1.54) is 4.90 Å². The Balaban J connectivity index is 2.35. The predicted molar refractivity (Wildman–Crippen MR) is 74.8 cm³/mol. The fourth-order valence-corrected chi connectivity index (χ4v) is 2.48. The van der Waals surface area contributed by atoms with Gasteiger partial charge >= 0.3 is 0 Å². The van der Waals surface area contributed by atoms with E-state index in [0.717, 1.165) is 0 Å². The van der Waals surface area contributed by atoms with Gasteiger partial charge in [-0.3, -0.25) is 9.59 Å². The molecule has 1 fully saturated rings. The number of nitrogens with zero attached hydrogens (tertiary/aromatic N) is 3. The third-order valence-corrected chi connectivity index (χ3v) is 3.87. The zero-order valence-electron chi connectivity index (χ0n) is 12.8. The zero-order chi connectivity index (χ0) is 16.0. The van der Waals surface area contributed by atoms with Crippen LogP contribution in [0.1, 0.15) is 38.5 Å². The number of amides is 2. The monoisotopic (exact) mass is 301 g/mol. The van der Waals surface area contributed by atoms with E-state index in [4.69, 9.17) is 0 Å². The van der Waals surface area contributed by atoms with Crippen molar-refractivity contribution in [1.82, 2.24) is 9.80 Å². The Morgan fingerprint density at radius 1 is 1.10 bits per heavy atom. The van der Waals surface area contributed by atoms with Crippen molar-refractivity contribution in [3.63, 3.8) is 0 Å². The first-order chi connectivity index (χ1) is 9.81. The minimum atomic E-state index is -0.757. The SMILES string of the molecule is CN(C)C(=O)CCC(=O)N(C)C1CCC(O[N+](=O)[O-])CC1. The lowest BCUT2D eigenvalue weighted by Crippen LogP contribution is -2.41. The van der Waals surface area contributed by atoms with Crippen LogP contribution < -0.4 is 0 Å². The van der Waals surface area contributed by atoms with E-state index < -0.39 is 5.09 Å². The average Bonchev–Trinajstić information content (AvgIpc) is 2.43. The Labute approximate surface area is 124 Å². The zero-order valence-corrected chi connectivity index (χ0v) is 12.8. The van der Waals surface area contributed by atoms with Crippen molar-refractivity contribution in [2.45, 2.75) is 50.7 Å². The summed E-state index contributed by atoms with van der Waals surface area (Å²) in [6, 6.07) is 0.0681. The van der Waals surface area contributed by atoms with Gasteiger partial charge in [0.2, 0.25) is 11.8 Å². The molecule has 0 aromatic carbocycles. The Hall–Kier alpha value is -1.86. The fourth-order valence-electron chi connectivity index (χ4n) is 2.48. The van der Waals surface area contributed by atoms with Gasteiger partial charge in [-0.15, -0.1) is 10.1 Å². The van der Waals surface area contributed by atoms with Crippen LogP contribution in [0.25, 0.3) is 0 Å². The summed E-state index contributed by atoms with van der Waals surface area (Å²) in [5.74, 6) is -0.135. The third kappa shape index (κ3) is 5.57. The molecule has 1 aliphatic carbocycles. The molecule has 0 aromatic rings. The van der Waals surface area contributed by atoms with E-state index in [1.54, 1.807) is 26.0 Å². The van der Waals surface area contributed by atoms with Gasteiger partial charge in [-0.05, 0) is 25.7 Å². The van der Waals surface area contributed by atoms with Crippen molar-refractivity contribution in [1.29, 1.82) is 0 Å². The second kappa shape index (κ2) is 7.80. The Morgan fingerprint density at radius 2 is 1.62 bits per heavy atom. The predicted octanol–water partition coefficient (Wildman–Crippen LogP) is 0.833. The first-order valence-corrected chi connectivity index (χ1v) is 7.08. The van der Waals surface area contributed by atoms with Crippen LogP contribution in [0.4, 0.5) is 0 Å². The van der Waals surface area contributed by atoms with Crippen LogP contribution in [0.2, 0.25) is 0 Å². The van der Waals surface area contributed by atoms with Gasteiger partial charge < -0.3 is 14.6 Å². The van der Waals surface area contributed by atoms with Gasteiger partial charge in [0, 0.05) is 40.0 Å². The molecule has 2 amide bonds. The van der Waals surface area contributed by atoms with Crippen LogP contribution in [0.3, 0.4) is 0 Å². The van der Waals surface area contributed by atoms with E-state index in [0.29, 0.717) is 25.7 Å². The molecule has 0 bridgehead atoms. The van der Waals surface area contributed by atoms with E-state index in [9.17, 15) is 19.7 Å². The second-order valence-corrected chi connectivity index (χ2v) is 5.55. The lowest BCUT2D eigenvalue weighted by Gasteiger charge is -2.33. The van der Waals surface area contributed by atoms with Crippen LogP contribution in [-0.4, -0.2) is 60.0 Å². The van der Waals surface area contributed by atoms with Crippen molar-refractivity contribution in [3.8, 4) is 0 Å². The molecule has 1 saturated carbocycles. The first kappa shape index (κ1) is 17.2. The standard InChI is InChI=1S/C13H23N3O5/c1-14(2)12(17)8-9-13(18)15(3)10-4-6-11(7-5-10)21-16(19)20/h10-11H,4-9H2,1-3H3. The maximum atomic E-state index is 12.0. The number of hydrogen-bond donors (Lipinski definition) is 0. The average molecular weight is 301 g/mol. The van der Waals surface area contributed by atoms with E-state index >= 15 is 0 Å². The molecule has 0 unspecified atom stereocenters. The van der Waals surface area contributed by atoms with Crippen molar-refractivity contribution in [2.24, 2.45) is 0 Å². The number of carbonyl (C=O) groups excluding carboxylic acids is 2. The van der Waals surface area contributed by atoms with Gasteiger partial charge in [0.1, 0.15) is 6.10 Å². The van der Waals surface area contributed by atoms with E-state index in [1.807, 2.05) is 0 Å². The summed E-state index contributed by atoms with van der Waals surface area (Å²) in [5.41, 5.74) is 0. The van der Waals surface area contributed by atoms with Gasteiger partial charge in [0.05, 0.1) is 0 Å². The minimum Gasteiger partial charge on any atom is -0.349 e. The molecule has 0 aliphatic heterocycles. The van der Waals surface area contributed by atoms with Crippen LogP contribution in [0.15, 0.2) is 0 Å². The van der Waals surface area contributed by atoms with Crippen molar-refractivity contribution in [3.05, 3.63) is 10.1 Å². The topological polar surface area (TPSA) is 93.0 Å². The summed E-state index contributed by atoms with van der Waals surface area (Å²) < 4.78 is 0. The summed E-state index contributed by atoms with van der Waals surface area (Å²) in [6.07, 6.45) is 2.54. The lowest BCUT2D eigenvalue weighted by molar-refractivity contribution is -0.769. The van der Waals surface area contributed by atoms with Crippen LogP contribution >= 0.6 is 0 Å². The fraction of sp³-hybridized carbons (Fsp3) is 0.846. The summed E-state index contributed by atoms with van der Waals surface area (Å²) in [4.78, 5) is 41.5. The van der Waals surface area contributed by atoms with Crippen LogP contribution in [0, 0.1) is 10.1 Å². The Morgan fingerprint density at radius 3 is 2.10 bits per heavy atom. The number of hydrogen-bond acceptors (Lipinski definition) is 5. The molecule has 1 rings (SSSR count). The number of carbonyl (C=O) groups is 2. The summed E-state index contributed by atoms with van der Waals surface area (Å²) in [6.45, 7) is 0. The Kier molecular flexibility index (Phi) is 6.39. The quantitative estimate of drug-likeness (QED) is 0.535. The van der Waals surface area contributed by atoms with Crippen molar-refractivity contribution < 1.29 is 19.5 Å². The highest BCUT2D eigenvalue weighted by molar-refractivity contribution is 5.83. The highest BCUT2D eigenvalue weighted by Gasteiger charge is 2.28. The normalized spacial score (nSPS) is 21.5. The van der Waals surface area contributed by atoms with E-state index in [2.05, 4.69) is 4.84 Å². The largest absolute Gasteiger partial charge is 0.349 e. The highest BCUT2D eigenvalue weighted by atomic mass is 17.0. The smallest absolute Gasteiger partial charge is 0.294 e. The van der Waals surface area contributed by atoms with Gasteiger partial charge in [-0.2, -0.15) is 0 Å². The second-order valence-electron chi connectivity index (χ2n) is 5.55. The third-order valence-electron chi connectivity index (χ3n) is 3.87. The molecule has 0 N–H and O–H groups in total. The van der Waals surface area contributed by atoms with Crippen molar-refractivity contribution >= 4 is 11.8 Å². The summed E-state index contributed by atoms with van der Waals surface area (Å²) in [7, 11) is 5.04. The summed E-state index contributed by atoms with van der Waals surface area (Å²) in [5, 5.41) is 9.52. The molecule has 0 radical (unpaired) electrons. The molecule has 8 heteroatoms. The maximum absolute atomic E-state index is 12.0. The molecule has 0 aromatic heterocycles. The van der Waals surface area contributed by atoms with Crippen LogP contribution in [0.5, 0.6) is 0 Å². The van der Waals surface area contributed by atoms with Gasteiger partial charge in [-0.25, -0.2) is 0 Å². The number of rotatable bonds is 6. The molecule has 1 aliphatic rings. The van der Waals surface area contributed by atoms with Crippen molar-refractivity contribution in [2.75, 3.05) is 21.1 Å². The van der Waals surface area contributed by atoms with E-state index in [-0.39, 0.29) is 36.8 Å². The lowest BCUT2D eigenvalue weighted by atomic mass is 9.92. The molecule has 0 saturated heterocycles. The minimum absolute atomic E-state index is 0.0659. The maximum Gasteiger partial charge on any atom is 0.294 e. The highest BCUT2D eigenvalue weighted by Crippen LogP contribution is 2.25. The van der Waals surface area contributed by atoms with Crippen LogP contribution in [-0.2, 0) is 14.4 Å². The first-order valence-electron chi connectivity index (χ1n) is 7.08. The molecular formula is C13H23N3O5. The Bertz CT molecular complexity index is 391. The molecule has 21 heavy (non-hydrogen) atoms.